The summed E-state index contributed by atoms with van der Waals surface area (Å²) in [6, 6.07) is 8.90. The topological polar surface area (TPSA) is 28.4 Å². The Bertz CT molecular complexity index is 525. The molecule has 20 heavy (non-hydrogen) atoms. The predicted octanol–water partition coefficient (Wildman–Crippen LogP) is 3.55. The Hall–Kier alpha value is -1.81. The van der Waals surface area contributed by atoms with E-state index >= 15 is 0 Å². The minimum atomic E-state index is -0.206. The molecule has 2 rings (SSSR count). The Morgan fingerprint density at radius 3 is 2.85 bits per heavy atom. The molecule has 1 N–H and O–H groups in total. The molecule has 0 aliphatic carbocycles. The van der Waals surface area contributed by atoms with Gasteiger partial charge >= 0.3 is 0 Å². The molecule has 1 heterocycles. The molecule has 0 spiro atoms. The molecule has 0 atom stereocenters. The van der Waals surface area contributed by atoms with E-state index in [1.165, 1.54) is 0 Å². The minimum absolute atomic E-state index is 0.206. The highest BCUT2D eigenvalue weighted by Crippen LogP contribution is 2.19. The highest BCUT2D eigenvalue weighted by atomic mass is 19.1. The summed E-state index contributed by atoms with van der Waals surface area (Å²) in [6.45, 7) is 4.36. The molecule has 1 aromatic carbocycles. The zero-order valence-corrected chi connectivity index (χ0v) is 12.0. The fourth-order valence-electron chi connectivity index (χ4n) is 2.09. The van der Waals surface area contributed by atoms with Crippen LogP contribution in [0.2, 0.25) is 0 Å². The van der Waals surface area contributed by atoms with Crippen molar-refractivity contribution < 1.29 is 8.81 Å². The maximum atomic E-state index is 13.7. The first kappa shape index (κ1) is 14.6. The van der Waals surface area contributed by atoms with E-state index in [0.29, 0.717) is 13.1 Å². The van der Waals surface area contributed by atoms with Gasteiger partial charge in [-0.2, -0.15) is 0 Å². The molecular weight excluding hydrogens is 255 g/mol. The van der Waals surface area contributed by atoms with E-state index in [0.717, 1.165) is 30.0 Å². The van der Waals surface area contributed by atoms with Crippen molar-refractivity contribution in [3.8, 4) is 0 Å². The lowest BCUT2D eigenvalue weighted by molar-refractivity contribution is 0.507. The average Bonchev–Trinajstić information content (AvgIpc) is 2.91. The molecule has 0 amide bonds. The highest BCUT2D eigenvalue weighted by Gasteiger charge is 2.07. The van der Waals surface area contributed by atoms with Crippen LogP contribution in [0.4, 0.5) is 10.1 Å². The number of hydrogen-bond donors (Lipinski definition) is 1. The number of hydrogen-bond acceptors (Lipinski definition) is 3. The molecule has 1 aromatic heterocycles. The standard InChI is InChI=1S/C16H21FN2O/c1-3-6-18-11-13-8-14(17)10-15(9-13)19(2)12-16-5-4-7-20-16/h4-5,7-10,18H,3,6,11-12H2,1-2H3. The molecular formula is C16H21FN2O. The van der Waals surface area contributed by atoms with Crippen LogP contribution in [0.3, 0.4) is 0 Å². The van der Waals surface area contributed by atoms with Gasteiger partial charge in [-0.15, -0.1) is 0 Å². The molecule has 0 radical (unpaired) electrons. The highest BCUT2D eigenvalue weighted by molar-refractivity contribution is 5.48. The quantitative estimate of drug-likeness (QED) is 0.784. The van der Waals surface area contributed by atoms with Crippen molar-refractivity contribution in [2.45, 2.75) is 26.4 Å². The maximum absolute atomic E-state index is 13.7. The summed E-state index contributed by atoms with van der Waals surface area (Å²) >= 11 is 0. The molecule has 2 aromatic rings. The van der Waals surface area contributed by atoms with Crippen molar-refractivity contribution >= 4 is 5.69 Å². The Labute approximate surface area is 119 Å². The zero-order valence-electron chi connectivity index (χ0n) is 12.0. The average molecular weight is 276 g/mol. The van der Waals surface area contributed by atoms with Crippen molar-refractivity contribution in [1.82, 2.24) is 5.32 Å². The summed E-state index contributed by atoms with van der Waals surface area (Å²) in [4.78, 5) is 1.98. The number of anilines is 1. The van der Waals surface area contributed by atoms with E-state index in [9.17, 15) is 4.39 Å². The molecule has 0 unspecified atom stereocenters. The third kappa shape index (κ3) is 4.10. The van der Waals surface area contributed by atoms with E-state index in [1.54, 1.807) is 18.4 Å². The van der Waals surface area contributed by atoms with Gasteiger partial charge in [-0.3, -0.25) is 0 Å². The second-order valence-electron chi connectivity index (χ2n) is 4.93. The Kier molecular flexibility index (Phi) is 5.18. The number of rotatable bonds is 7. The Morgan fingerprint density at radius 1 is 1.30 bits per heavy atom. The monoisotopic (exact) mass is 276 g/mol. The first-order chi connectivity index (χ1) is 9.69. The fraction of sp³-hybridized carbons (Fsp3) is 0.375. The predicted molar refractivity (Wildman–Crippen MR) is 79.2 cm³/mol. The van der Waals surface area contributed by atoms with Crippen molar-refractivity contribution in [3.63, 3.8) is 0 Å². The van der Waals surface area contributed by atoms with Crippen molar-refractivity contribution in [3.05, 3.63) is 53.7 Å². The Morgan fingerprint density at radius 2 is 2.15 bits per heavy atom. The van der Waals surface area contributed by atoms with Crippen LogP contribution in [0.25, 0.3) is 0 Å². The summed E-state index contributed by atoms with van der Waals surface area (Å²) in [5, 5.41) is 3.29. The second-order valence-corrected chi connectivity index (χ2v) is 4.93. The van der Waals surface area contributed by atoms with Crippen LogP contribution >= 0.6 is 0 Å². The third-order valence-corrected chi connectivity index (χ3v) is 3.11. The van der Waals surface area contributed by atoms with Crippen LogP contribution in [0.15, 0.2) is 41.0 Å². The van der Waals surface area contributed by atoms with Crippen molar-refractivity contribution in [2.24, 2.45) is 0 Å². The summed E-state index contributed by atoms with van der Waals surface area (Å²) in [5.41, 5.74) is 1.81. The first-order valence-corrected chi connectivity index (χ1v) is 6.92. The maximum Gasteiger partial charge on any atom is 0.125 e. The largest absolute Gasteiger partial charge is 0.467 e. The molecule has 4 heteroatoms. The molecule has 0 aliphatic heterocycles. The summed E-state index contributed by atoms with van der Waals surface area (Å²) in [6.07, 6.45) is 2.72. The normalized spacial score (nSPS) is 10.8. The van der Waals surface area contributed by atoms with Gasteiger partial charge in [0.15, 0.2) is 0 Å². The third-order valence-electron chi connectivity index (χ3n) is 3.11. The SMILES string of the molecule is CCCNCc1cc(F)cc(N(C)Cc2ccco2)c1. The first-order valence-electron chi connectivity index (χ1n) is 6.92. The van der Waals surface area contributed by atoms with Crippen LogP contribution in [0.1, 0.15) is 24.7 Å². The number of nitrogens with one attached hydrogen (secondary N) is 1. The molecule has 0 bridgehead atoms. The number of nitrogens with zero attached hydrogens (tertiary/aromatic N) is 1. The molecule has 108 valence electrons. The van der Waals surface area contributed by atoms with Gasteiger partial charge < -0.3 is 14.6 Å². The second kappa shape index (κ2) is 7.10. The molecule has 0 saturated carbocycles. The molecule has 0 fully saturated rings. The summed E-state index contributed by atoms with van der Waals surface area (Å²) < 4.78 is 19.0. The van der Waals surface area contributed by atoms with E-state index in [4.69, 9.17) is 4.42 Å². The van der Waals surface area contributed by atoms with E-state index in [2.05, 4.69) is 12.2 Å². The molecule has 0 saturated heterocycles. The van der Waals surface area contributed by atoms with Gasteiger partial charge in [0.1, 0.15) is 11.6 Å². The van der Waals surface area contributed by atoms with Gasteiger partial charge in [0.25, 0.3) is 0 Å². The lowest BCUT2D eigenvalue weighted by atomic mass is 10.1. The van der Waals surface area contributed by atoms with Gasteiger partial charge in [-0.05, 0) is 48.9 Å². The van der Waals surface area contributed by atoms with Gasteiger partial charge in [0.05, 0.1) is 12.8 Å². The van der Waals surface area contributed by atoms with Gasteiger partial charge in [-0.1, -0.05) is 6.92 Å². The van der Waals surface area contributed by atoms with Crippen molar-refractivity contribution in [1.29, 1.82) is 0 Å². The Balaban J connectivity index is 2.06. The van der Waals surface area contributed by atoms with Crippen LogP contribution < -0.4 is 10.2 Å². The van der Waals surface area contributed by atoms with E-state index in [-0.39, 0.29) is 5.82 Å². The molecule has 0 aliphatic rings. The number of benzene rings is 1. The number of furan rings is 1. The summed E-state index contributed by atoms with van der Waals surface area (Å²) in [7, 11) is 1.93. The van der Waals surface area contributed by atoms with Crippen LogP contribution in [0, 0.1) is 5.82 Å². The van der Waals surface area contributed by atoms with Crippen molar-refractivity contribution in [2.75, 3.05) is 18.5 Å². The van der Waals surface area contributed by atoms with E-state index in [1.807, 2.05) is 30.1 Å². The van der Waals surface area contributed by atoms with E-state index < -0.39 is 0 Å². The smallest absolute Gasteiger partial charge is 0.125 e. The minimum Gasteiger partial charge on any atom is -0.467 e. The summed E-state index contributed by atoms with van der Waals surface area (Å²) in [5.74, 6) is 0.657. The molecule has 3 nitrogen and oxygen atoms in total. The lowest BCUT2D eigenvalue weighted by Crippen LogP contribution is -2.18. The number of halogens is 1. The van der Waals surface area contributed by atoms with Crippen LogP contribution in [-0.2, 0) is 13.1 Å². The zero-order chi connectivity index (χ0) is 14.4. The van der Waals surface area contributed by atoms with Gasteiger partial charge in [0.2, 0.25) is 0 Å². The van der Waals surface area contributed by atoms with Crippen LogP contribution in [0.5, 0.6) is 0 Å². The van der Waals surface area contributed by atoms with Gasteiger partial charge in [0, 0.05) is 19.3 Å². The van der Waals surface area contributed by atoms with Crippen LogP contribution in [-0.4, -0.2) is 13.6 Å². The fourth-order valence-corrected chi connectivity index (χ4v) is 2.09. The lowest BCUT2D eigenvalue weighted by Gasteiger charge is -2.19. The van der Waals surface area contributed by atoms with Gasteiger partial charge in [-0.25, -0.2) is 4.39 Å².